The van der Waals surface area contributed by atoms with Crippen LogP contribution in [-0.2, 0) is 4.74 Å². The van der Waals surface area contributed by atoms with Crippen molar-refractivity contribution in [2.45, 2.75) is 20.3 Å². The van der Waals surface area contributed by atoms with Crippen LogP contribution in [0, 0.1) is 18.3 Å². The second kappa shape index (κ2) is 5.12. The summed E-state index contributed by atoms with van der Waals surface area (Å²) in [5.41, 5.74) is 1.17. The van der Waals surface area contributed by atoms with E-state index in [9.17, 15) is 9.59 Å². The summed E-state index contributed by atoms with van der Waals surface area (Å²) in [6, 6.07) is 3.19. The first-order valence-electron chi connectivity index (χ1n) is 4.87. The van der Waals surface area contributed by atoms with E-state index in [1.807, 2.05) is 0 Å². The number of H-pyrrole nitrogens is 1. The van der Waals surface area contributed by atoms with Crippen LogP contribution in [0.5, 0.6) is 0 Å². The van der Waals surface area contributed by atoms with E-state index in [-0.39, 0.29) is 24.5 Å². The Bertz CT molecular complexity index is 454. The van der Waals surface area contributed by atoms with Crippen molar-refractivity contribution in [3.05, 3.63) is 23.0 Å². The first-order valence-corrected chi connectivity index (χ1v) is 4.87. The van der Waals surface area contributed by atoms with Gasteiger partial charge in [-0.3, -0.25) is 4.79 Å². The molecule has 0 atom stereocenters. The molecule has 0 aliphatic carbocycles. The van der Waals surface area contributed by atoms with Crippen molar-refractivity contribution in [1.29, 1.82) is 5.26 Å². The maximum Gasteiger partial charge on any atom is 0.339 e. The van der Waals surface area contributed by atoms with Gasteiger partial charge in [0.25, 0.3) is 0 Å². The largest absolute Gasteiger partial charge is 0.462 e. The summed E-state index contributed by atoms with van der Waals surface area (Å²) in [5.74, 6) is -0.798. The lowest BCUT2D eigenvalue weighted by molar-refractivity contribution is 0.0525. The number of hydrogen-bond donors (Lipinski definition) is 1. The zero-order chi connectivity index (χ0) is 12.1. The summed E-state index contributed by atoms with van der Waals surface area (Å²) in [7, 11) is 0. The summed E-state index contributed by atoms with van der Waals surface area (Å²) >= 11 is 0. The molecule has 0 spiro atoms. The summed E-state index contributed by atoms with van der Waals surface area (Å²) in [4.78, 5) is 25.6. The van der Waals surface area contributed by atoms with E-state index in [1.54, 1.807) is 19.9 Å². The molecule has 1 rings (SSSR count). The van der Waals surface area contributed by atoms with E-state index >= 15 is 0 Å². The van der Waals surface area contributed by atoms with Gasteiger partial charge in [0.2, 0.25) is 0 Å². The number of nitrogens with zero attached hydrogens (tertiary/aromatic N) is 1. The molecule has 0 unspecified atom stereocenters. The number of nitrogens with one attached hydrogen (secondary N) is 1. The molecule has 1 aromatic heterocycles. The number of ether oxygens (including phenoxy) is 1. The number of ketones is 1. The van der Waals surface area contributed by atoms with Gasteiger partial charge in [0.1, 0.15) is 6.42 Å². The van der Waals surface area contributed by atoms with E-state index in [1.165, 1.54) is 6.07 Å². The minimum absolute atomic E-state index is 0.206. The Balaban J connectivity index is 2.94. The van der Waals surface area contributed by atoms with Crippen molar-refractivity contribution in [2.24, 2.45) is 0 Å². The average Bonchev–Trinajstić information content (AvgIpc) is 2.61. The van der Waals surface area contributed by atoms with Gasteiger partial charge < -0.3 is 9.72 Å². The van der Waals surface area contributed by atoms with Crippen LogP contribution < -0.4 is 0 Å². The molecular formula is C11H12N2O3. The molecule has 0 amide bonds. The maximum absolute atomic E-state index is 11.4. The SMILES string of the molecule is CCOC(=O)c1cc(C(=O)CC#N)[nH]c1C. The van der Waals surface area contributed by atoms with Crippen LogP contribution in [0.4, 0.5) is 0 Å². The van der Waals surface area contributed by atoms with Gasteiger partial charge in [-0.15, -0.1) is 0 Å². The zero-order valence-corrected chi connectivity index (χ0v) is 9.16. The number of Topliss-reactive ketones (excluding diaryl/α,β-unsaturated/α-hetero) is 1. The Morgan fingerprint density at radius 3 is 2.81 bits per heavy atom. The quantitative estimate of drug-likeness (QED) is 0.617. The standard InChI is InChI=1S/C11H12N2O3/c1-3-16-11(15)8-6-9(13-7(8)2)10(14)4-5-12/h6,13H,3-4H2,1-2H3. The maximum atomic E-state index is 11.4. The molecule has 1 aromatic rings. The zero-order valence-electron chi connectivity index (χ0n) is 9.16. The Kier molecular flexibility index (Phi) is 3.84. The summed E-state index contributed by atoms with van der Waals surface area (Å²) < 4.78 is 4.83. The molecule has 1 heterocycles. The van der Waals surface area contributed by atoms with Crippen LogP contribution in [0.25, 0.3) is 0 Å². The van der Waals surface area contributed by atoms with Crippen LogP contribution in [-0.4, -0.2) is 23.3 Å². The van der Waals surface area contributed by atoms with Gasteiger partial charge in [-0.1, -0.05) is 0 Å². The second-order valence-electron chi connectivity index (χ2n) is 3.20. The molecular weight excluding hydrogens is 208 g/mol. The van der Waals surface area contributed by atoms with E-state index in [0.717, 1.165) is 0 Å². The highest BCUT2D eigenvalue weighted by atomic mass is 16.5. The third-order valence-corrected chi connectivity index (χ3v) is 2.05. The van der Waals surface area contributed by atoms with Crippen molar-refractivity contribution >= 4 is 11.8 Å². The number of nitriles is 1. The van der Waals surface area contributed by atoms with Gasteiger partial charge in [-0.05, 0) is 19.9 Å². The third kappa shape index (κ3) is 2.48. The van der Waals surface area contributed by atoms with Gasteiger partial charge in [-0.2, -0.15) is 5.26 Å². The predicted molar refractivity (Wildman–Crippen MR) is 56.0 cm³/mol. The number of hydrogen-bond acceptors (Lipinski definition) is 4. The molecule has 84 valence electrons. The molecule has 5 heteroatoms. The number of esters is 1. The second-order valence-corrected chi connectivity index (χ2v) is 3.20. The lowest BCUT2D eigenvalue weighted by atomic mass is 10.2. The van der Waals surface area contributed by atoms with Crippen LogP contribution in [0.3, 0.4) is 0 Å². The van der Waals surface area contributed by atoms with E-state index in [2.05, 4.69) is 4.98 Å². The van der Waals surface area contributed by atoms with Crippen LogP contribution >= 0.6 is 0 Å². The number of carbonyl (C=O) groups excluding carboxylic acids is 2. The molecule has 0 saturated carbocycles. The fraction of sp³-hybridized carbons (Fsp3) is 0.364. The Labute approximate surface area is 93.0 Å². The molecule has 16 heavy (non-hydrogen) atoms. The summed E-state index contributed by atoms with van der Waals surface area (Å²) in [6.07, 6.45) is -0.206. The highest BCUT2D eigenvalue weighted by molar-refractivity contribution is 5.99. The number of aryl methyl sites for hydroxylation is 1. The Morgan fingerprint density at radius 1 is 1.56 bits per heavy atom. The van der Waals surface area contributed by atoms with Gasteiger partial charge in [0.05, 0.1) is 23.9 Å². The fourth-order valence-electron chi connectivity index (χ4n) is 1.30. The Hall–Kier alpha value is -2.09. The molecule has 0 radical (unpaired) electrons. The van der Waals surface area contributed by atoms with Crippen LogP contribution in [0.2, 0.25) is 0 Å². The first kappa shape index (κ1) is 12.0. The summed E-state index contributed by atoms with van der Waals surface area (Å²) in [6.45, 7) is 3.67. The highest BCUT2D eigenvalue weighted by Gasteiger charge is 2.16. The van der Waals surface area contributed by atoms with Gasteiger partial charge in [-0.25, -0.2) is 4.79 Å². The van der Waals surface area contributed by atoms with Crippen molar-refractivity contribution in [3.8, 4) is 6.07 Å². The molecule has 0 aliphatic heterocycles. The number of carbonyl (C=O) groups is 2. The lowest BCUT2D eigenvalue weighted by Gasteiger charge is -1.98. The number of aromatic amines is 1. The minimum Gasteiger partial charge on any atom is -0.462 e. The van der Waals surface area contributed by atoms with Crippen LogP contribution in [0.15, 0.2) is 6.07 Å². The molecule has 5 nitrogen and oxygen atoms in total. The number of aromatic nitrogens is 1. The van der Waals surface area contributed by atoms with Crippen molar-refractivity contribution in [3.63, 3.8) is 0 Å². The lowest BCUT2D eigenvalue weighted by Crippen LogP contribution is -2.04. The van der Waals surface area contributed by atoms with Crippen molar-refractivity contribution in [2.75, 3.05) is 6.61 Å². The summed E-state index contributed by atoms with van der Waals surface area (Å²) in [5, 5.41) is 8.39. The normalized spacial score (nSPS) is 9.56. The molecule has 0 aromatic carbocycles. The molecule has 0 fully saturated rings. The van der Waals surface area contributed by atoms with E-state index in [4.69, 9.17) is 10.00 Å². The van der Waals surface area contributed by atoms with Crippen LogP contribution in [0.1, 0.15) is 39.9 Å². The molecule has 0 aliphatic rings. The van der Waals surface area contributed by atoms with Gasteiger partial charge in [0.15, 0.2) is 5.78 Å². The smallest absolute Gasteiger partial charge is 0.339 e. The van der Waals surface area contributed by atoms with E-state index < -0.39 is 5.97 Å². The number of rotatable bonds is 4. The minimum atomic E-state index is -0.466. The monoisotopic (exact) mass is 220 g/mol. The van der Waals surface area contributed by atoms with Gasteiger partial charge >= 0.3 is 5.97 Å². The molecule has 0 saturated heterocycles. The predicted octanol–water partition coefficient (Wildman–Crippen LogP) is 1.60. The van der Waals surface area contributed by atoms with Crippen molar-refractivity contribution < 1.29 is 14.3 Å². The molecule has 0 bridgehead atoms. The molecule has 1 N–H and O–H groups in total. The fourth-order valence-corrected chi connectivity index (χ4v) is 1.30. The van der Waals surface area contributed by atoms with Gasteiger partial charge in [0, 0.05) is 5.69 Å². The van der Waals surface area contributed by atoms with E-state index in [0.29, 0.717) is 11.3 Å². The Morgan fingerprint density at radius 2 is 2.25 bits per heavy atom. The topological polar surface area (TPSA) is 82.9 Å². The first-order chi connectivity index (χ1) is 7.60. The van der Waals surface area contributed by atoms with Crippen molar-refractivity contribution in [1.82, 2.24) is 4.98 Å². The highest BCUT2D eigenvalue weighted by Crippen LogP contribution is 2.13. The third-order valence-electron chi connectivity index (χ3n) is 2.05. The average molecular weight is 220 g/mol.